The van der Waals surface area contributed by atoms with E-state index in [1.165, 1.54) is 0 Å². The van der Waals surface area contributed by atoms with Crippen molar-refractivity contribution in [1.82, 2.24) is 0 Å². The molecule has 0 aliphatic rings. The smallest absolute Gasteiger partial charge is 0.145 e. The van der Waals surface area contributed by atoms with Crippen molar-refractivity contribution in [1.29, 1.82) is 5.26 Å². The Morgan fingerprint density at radius 2 is 1.55 bits per heavy atom. The third kappa shape index (κ3) is 3.22. The molecule has 2 aromatic rings. The third-order valence-electron chi connectivity index (χ3n) is 2.61. The Morgan fingerprint density at radius 3 is 2.10 bits per heavy atom. The maximum atomic E-state index is 9.12. The Bertz CT molecular complexity index is 642. The molecule has 0 aliphatic heterocycles. The predicted molar refractivity (Wildman–Crippen MR) is 78.5 cm³/mol. The molecular formula is C15H12BrNO3. The first kappa shape index (κ1) is 14.2. The number of methoxy groups -OCH3 is 2. The van der Waals surface area contributed by atoms with E-state index in [-0.39, 0.29) is 0 Å². The zero-order valence-corrected chi connectivity index (χ0v) is 12.6. The summed E-state index contributed by atoms with van der Waals surface area (Å²) in [6, 6.07) is 12.5. The van der Waals surface area contributed by atoms with Crippen LogP contribution in [0, 0.1) is 11.3 Å². The van der Waals surface area contributed by atoms with E-state index in [1.807, 2.05) is 6.07 Å². The highest BCUT2D eigenvalue weighted by molar-refractivity contribution is 9.10. The Morgan fingerprint density at radius 1 is 0.950 bits per heavy atom. The summed E-state index contributed by atoms with van der Waals surface area (Å²) in [6.07, 6.45) is 0. The van der Waals surface area contributed by atoms with E-state index in [0.29, 0.717) is 28.6 Å². The van der Waals surface area contributed by atoms with Gasteiger partial charge in [0.2, 0.25) is 0 Å². The van der Waals surface area contributed by atoms with Gasteiger partial charge in [0.15, 0.2) is 0 Å². The molecule has 0 saturated carbocycles. The molecule has 0 unspecified atom stereocenters. The monoisotopic (exact) mass is 333 g/mol. The molecular weight excluding hydrogens is 322 g/mol. The maximum Gasteiger partial charge on any atom is 0.145 e. The first-order valence-corrected chi connectivity index (χ1v) is 6.56. The van der Waals surface area contributed by atoms with Crippen LogP contribution in [-0.4, -0.2) is 14.2 Å². The highest BCUT2D eigenvalue weighted by atomic mass is 79.9. The fourth-order valence-electron chi connectivity index (χ4n) is 1.65. The van der Waals surface area contributed by atoms with Gasteiger partial charge in [-0.05, 0) is 18.2 Å². The second-order valence-corrected chi connectivity index (χ2v) is 4.82. The van der Waals surface area contributed by atoms with Gasteiger partial charge in [0.1, 0.15) is 29.1 Å². The normalized spacial score (nSPS) is 9.70. The zero-order valence-electron chi connectivity index (χ0n) is 11.0. The summed E-state index contributed by atoms with van der Waals surface area (Å²) in [5.74, 6) is 2.26. The van der Waals surface area contributed by atoms with Crippen LogP contribution >= 0.6 is 15.9 Å². The molecule has 0 aromatic heterocycles. The molecule has 0 atom stereocenters. The lowest BCUT2D eigenvalue weighted by Crippen LogP contribution is -1.92. The Balaban J connectivity index is 2.37. The van der Waals surface area contributed by atoms with Crippen LogP contribution in [0.25, 0.3) is 0 Å². The van der Waals surface area contributed by atoms with E-state index in [4.69, 9.17) is 19.5 Å². The van der Waals surface area contributed by atoms with Crippen LogP contribution in [0.5, 0.6) is 23.0 Å². The minimum absolute atomic E-state index is 0.446. The highest BCUT2D eigenvalue weighted by Crippen LogP contribution is 2.32. The molecule has 0 N–H and O–H groups in total. The minimum Gasteiger partial charge on any atom is -0.496 e. The second kappa shape index (κ2) is 6.31. The van der Waals surface area contributed by atoms with Crippen molar-refractivity contribution in [3.63, 3.8) is 0 Å². The van der Waals surface area contributed by atoms with Gasteiger partial charge >= 0.3 is 0 Å². The van der Waals surface area contributed by atoms with Crippen LogP contribution in [0.1, 0.15) is 5.56 Å². The van der Waals surface area contributed by atoms with Crippen LogP contribution in [-0.2, 0) is 0 Å². The molecule has 0 bridgehead atoms. The van der Waals surface area contributed by atoms with Crippen molar-refractivity contribution in [2.75, 3.05) is 14.2 Å². The molecule has 0 saturated heterocycles. The topological polar surface area (TPSA) is 51.5 Å². The van der Waals surface area contributed by atoms with Gasteiger partial charge in [0.05, 0.1) is 19.8 Å². The van der Waals surface area contributed by atoms with E-state index in [2.05, 4.69) is 22.0 Å². The Hall–Kier alpha value is -2.19. The number of nitrogens with zero attached hydrogens (tertiary/aromatic N) is 1. The molecule has 0 fully saturated rings. The first-order valence-electron chi connectivity index (χ1n) is 5.77. The highest BCUT2D eigenvalue weighted by Gasteiger charge is 2.08. The molecule has 20 heavy (non-hydrogen) atoms. The van der Waals surface area contributed by atoms with Crippen molar-refractivity contribution in [3.05, 3.63) is 46.4 Å². The van der Waals surface area contributed by atoms with E-state index < -0.39 is 0 Å². The predicted octanol–water partition coefficient (Wildman–Crippen LogP) is 4.13. The molecule has 0 heterocycles. The minimum atomic E-state index is 0.446. The second-order valence-electron chi connectivity index (χ2n) is 3.90. The zero-order chi connectivity index (χ0) is 14.5. The van der Waals surface area contributed by atoms with Crippen LogP contribution < -0.4 is 14.2 Å². The van der Waals surface area contributed by atoms with Crippen LogP contribution in [0.15, 0.2) is 40.9 Å². The molecule has 5 heteroatoms. The van der Waals surface area contributed by atoms with Gasteiger partial charge in [-0.3, -0.25) is 0 Å². The van der Waals surface area contributed by atoms with Gasteiger partial charge in [0.25, 0.3) is 0 Å². The van der Waals surface area contributed by atoms with Crippen molar-refractivity contribution in [3.8, 4) is 29.1 Å². The Kier molecular flexibility index (Phi) is 4.49. The molecule has 0 spiro atoms. The van der Waals surface area contributed by atoms with Gasteiger partial charge < -0.3 is 14.2 Å². The van der Waals surface area contributed by atoms with Gasteiger partial charge in [0, 0.05) is 22.7 Å². The molecule has 102 valence electrons. The SMILES string of the molecule is COc1cc(OC)cc(Oc2ccc(Br)cc2C#N)c1. The van der Waals surface area contributed by atoms with Crippen LogP contribution in [0.3, 0.4) is 0 Å². The van der Waals surface area contributed by atoms with Crippen molar-refractivity contribution < 1.29 is 14.2 Å². The van der Waals surface area contributed by atoms with Gasteiger partial charge in [-0.1, -0.05) is 15.9 Å². The molecule has 0 amide bonds. The standard InChI is InChI=1S/C15H12BrNO3/c1-18-12-6-13(19-2)8-14(7-12)20-15-4-3-11(16)5-10(15)9-17/h3-8H,1-2H3. The van der Waals surface area contributed by atoms with Crippen molar-refractivity contribution >= 4 is 15.9 Å². The van der Waals surface area contributed by atoms with Crippen LogP contribution in [0.2, 0.25) is 0 Å². The van der Waals surface area contributed by atoms with Crippen LogP contribution in [0.4, 0.5) is 0 Å². The lowest BCUT2D eigenvalue weighted by Gasteiger charge is -2.11. The summed E-state index contributed by atoms with van der Waals surface area (Å²) in [6.45, 7) is 0. The average Bonchev–Trinajstić information content (AvgIpc) is 2.48. The maximum absolute atomic E-state index is 9.12. The van der Waals surface area contributed by atoms with E-state index in [0.717, 1.165) is 4.47 Å². The van der Waals surface area contributed by atoms with E-state index in [9.17, 15) is 0 Å². The third-order valence-corrected chi connectivity index (χ3v) is 3.11. The lowest BCUT2D eigenvalue weighted by molar-refractivity contribution is 0.386. The summed E-state index contributed by atoms with van der Waals surface area (Å²) >= 11 is 3.32. The number of hydrogen-bond donors (Lipinski definition) is 0. The van der Waals surface area contributed by atoms with E-state index >= 15 is 0 Å². The molecule has 0 radical (unpaired) electrons. The largest absolute Gasteiger partial charge is 0.496 e. The van der Waals surface area contributed by atoms with Crippen molar-refractivity contribution in [2.45, 2.75) is 0 Å². The lowest BCUT2D eigenvalue weighted by atomic mass is 10.2. The molecule has 2 aromatic carbocycles. The molecule has 0 aliphatic carbocycles. The number of benzene rings is 2. The Labute approximate surface area is 125 Å². The van der Waals surface area contributed by atoms with Gasteiger partial charge in [-0.25, -0.2) is 0 Å². The number of hydrogen-bond acceptors (Lipinski definition) is 4. The fraction of sp³-hybridized carbons (Fsp3) is 0.133. The van der Waals surface area contributed by atoms with Gasteiger partial charge in [-0.2, -0.15) is 5.26 Å². The molecule has 2 rings (SSSR count). The first-order chi connectivity index (χ1) is 9.66. The van der Waals surface area contributed by atoms with Crippen molar-refractivity contribution in [2.24, 2.45) is 0 Å². The number of rotatable bonds is 4. The summed E-state index contributed by atoms with van der Waals surface area (Å²) in [7, 11) is 3.14. The summed E-state index contributed by atoms with van der Waals surface area (Å²) in [5, 5.41) is 9.12. The quantitative estimate of drug-likeness (QED) is 0.844. The summed E-state index contributed by atoms with van der Waals surface area (Å²) in [5.41, 5.74) is 0.446. The molecule has 4 nitrogen and oxygen atoms in total. The summed E-state index contributed by atoms with van der Waals surface area (Å²) < 4.78 is 16.9. The summed E-state index contributed by atoms with van der Waals surface area (Å²) in [4.78, 5) is 0. The van der Waals surface area contributed by atoms with E-state index in [1.54, 1.807) is 44.6 Å². The average molecular weight is 334 g/mol. The number of halogens is 1. The van der Waals surface area contributed by atoms with Gasteiger partial charge in [-0.15, -0.1) is 0 Å². The number of ether oxygens (including phenoxy) is 3. The fourth-order valence-corrected chi connectivity index (χ4v) is 2.01. The number of nitriles is 1.